The third-order valence-electron chi connectivity index (χ3n) is 5.08. The number of amides is 1. The average Bonchev–Trinajstić information content (AvgIpc) is 3.37. The summed E-state index contributed by atoms with van der Waals surface area (Å²) >= 11 is 1.29. The molecule has 6 nitrogen and oxygen atoms in total. The van der Waals surface area contributed by atoms with E-state index in [0.29, 0.717) is 10.6 Å². The van der Waals surface area contributed by atoms with E-state index >= 15 is 0 Å². The third-order valence-corrected chi connectivity index (χ3v) is 5.95. The van der Waals surface area contributed by atoms with Crippen LogP contribution in [0.1, 0.15) is 27.0 Å². The van der Waals surface area contributed by atoms with Crippen LogP contribution in [0.5, 0.6) is 0 Å². The first-order valence-corrected chi connectivity index (χ1v) is 10.3. The molecule has 30 heavy (non-hydrogen) atoms. The van der Waals surface area contributed by atoms with Gasteiger partial charge in [0.15, 0.2) is 5.76 Å². The normalized spacial score (nSPS) is 16.3. The van der Waals surface area contributed by atoms with E-state index in [4.69, 9.17) is 0 Å². The molecule has 1 unspecified atom stereocenters. The molecule has 1 N–H and O–H groups in total. The molecule has 1 atom stereocenters. The van der Waals surface area contributed by atoms with Gasteiger partial charge in [-0.05, 0) is 41.3 Å². The van der Waals surface area contributed by atoms with Crippen LogP contribution < -0.4 is 4.90 Å². The number of carbonyl (C=O) groups excluding carboxylic acids is 2. The van der Waals surface area contributed by atoms with Crippen molar-refractivity contribution in [2.75, 3.05) is 19.0 Å². The Morgan fingerprint density at radius 1 is 1.13 bits per heavy atom. The smallest absolute Gasteiger partial charge is 0.290 e. The van der Waals surface area contributed by atoms with Gasteiger partial charge in [-0.2, -0.15) is 0 Å². The molecule has 3 aromatic rings. The number of Topliss-reactive ketones (excluding diaryl/α,β-unsaturated/α-hetero) is 1. The molecule has 0 saturated carbocycles. The van der Waals surface area contributed by atoms with Crippen molar-refractivity contribution in [3.8, 4) is 0 Å². The Hall–Kier alpha value is -3.45. The standard InChI is InChI=1S/C23H21N3O3S/c1-25(2)17-10-8-15(9-11-17)20-19(21(27)18-7-5-13-30-18)22(28)23(29)26(20)14-16-6-3-4-12-24-16/h3-13,20,28H,14H2,1-2H3. The van der Waals surface area contributed by atoms with Gasteiger partial charge >= 0.3 is 0 Å². The highest BCUT2D eigenvalue weighted by Gasteiger charge is 2.44. The highest BCUT2D eigenvalue weighted by molar-refractivity contribution is 7.12. The molecule has 0 spiro atoms. The van der Waals surface area contributed by atoms with E-state index < -0.39 is 17.7 Å². The lowest BCUT2D eigenvalue weighted by Gasteiger charge is -2.27. The van der Waals surface area contributed by atoms with E-state index in [1.807, 2.05) is 55.4 Å². The Labute approximate surface area is 178 Å². The molecule has 0 fully saturated rings. The van der Waals surface area contributed by atoms with Crippen LogP contribution in [0.3, 0.4) is 0 Å². The van der Waals surface area contributed by atoms with E-state index in [1.54, 1.807) is 29.8 Å². The number of aliphatic hydroxyl groups excluding tert-OH is 1. The third kappa shape index (κ3) is 3.59. The zero-order chi connectivity index (χ0) is 21.3. The summed E-state index contributed by atoms with van der Waals surface area (Å²) in [6.07, 6.45) is 1.65. The quantitative estimate of drug-likeness (QED) is 0.612. The Morgan fingerprint density at radius 2 is 1.90 bits per heavy atom. The molecule has 0 aliphatic carbocycles. The Bertz CT molecular complexity index is 1090. The van der Waals surface area contributed by atoms with Crippen LogP contribution >= 0.6 is 11.3 Å². The van der Waals surface area contributed by atoms with Crippen molar-refractivity contribution < 1.29 is 14.7 Å². The molecule has 0 saturated heterocycles. The number of nitrogens with zero attached hydrogens (tertiary/aromatic N) is 3. The topological polar surface area (TPSA) is 73.7 Å². The summed E-state index contributed by atoms with van der Waals surface area (Å²) in [7, 11) is 3.89. The first kappa shape index (κ1) is 19.8. The van der Waals surface area contributed by atoms with E-state index in [1.165, 1.54) is 16.2 Å². The predicted molar refractivity (Wildman–Crippen MR) is 117 cm³/mol. The van der Waals surface area contributed by atoms with Crippen LogP contribution in [0.4, 0.5) is 5.69 Å². The summed E-state index contributed by atoms with van der Waals surface area (Å²) in [6.45, 7) is 0.186. The molecular weight excluding hydrogens is 398 g/mol. The fourth-order valence-electron chi connectivity index (χ4n) is 3.56. The van der Waals surface area contributed by atoms with Crippen molar-refractivity contribution in [1.82, 2.24) is 9.88 Å². The van der Waals surface area contributed by atoms with E-state index in [9.17, 15) is 14.7 Å². The number of aromatic nitrogens is 1. The van der Waals surface area contributed by atoms with Gasteiger partial charge in [-0.25, -0.2) is 0 Å². The molecule has 3 heterocycles. The number of pyridine rings is 1. The molecule has 0 bridgehead atoms. The van der Waals surface area contributed by atoms with Gasteiger partial charge in [-0.3, -0.25) is 14.6 Å². The molecule has 7 heteroatoms. The Balaban J connectivity index is 1.78. The summed E-state index contributed by atoms with van der Waals surface area (Å²) < 4.78 is 0. The molecule has 1 aliphatic heterocycles. The molecule has 1 amide bonds. The van der Waals surface area contributed by atoms with Gasteiger partial charge in [0.1, 0.15) is 0 Å². The van der Waals surface area contributed by atoms with Crippen molar-refractivity contribution in [3.05, 3.63) is 93.6 Å². The summed E-state index contributed by atoms with van der Waals surface area (Å²) in [5, 5.41) is 12.5. The second kappa shape index (κ2) is 8.12. The highest BCUT2D eigenvalue weighted by Crippen LogP contribution is 2.40. The van der Waals surface area contributed by atoms with Crippen LogP contribution in [0.25, 0.3) is 0 Å². The fraction of sp³-hybridized carbons (Fsp3) is 0.174. The summed E-state index contributed by atoms with van der Waals surface area (Å²) in [6, 6.07) is 15.9. The number of hydrogen-bond acceptors (Lipinski definition) is 6. The van der Waals surface area contributed by atoms with Crippen LogP contribution in [0.2, 0.25) is 0 Å². The molecule has 1 aromatic carbocycles. The summed E-state index contributed by atoms with van der Waals surface area (Å²) in [5.41, 5.74) is 2.54. The number of thiophene rings is 1. The van der Waals surface area contributed by atoms with Crippen molar-refractivity contribution in [1.29, 1.82) is 0 Å². The number of ketones is 1. The zero-order valence-electron chi connectivity index (χ0n) is 16.6. The lowest BCUT2D eigenvalue weighted by atomic mass is 9.95. The van der Waals surface area contributed by atoms with Crippen molar-refractivity contribution in [3.63, 3.8) is 0 Å². The van der Waals surface area contributed by atoms with Crippen molar-refractivity contribution >= 4 is 28.7 Å². The van der Waals surface area contributed by atoms with Gasteiger partial charge < -0.3 is 14.9 Å². The minimum absolute atomic E-state index is 0.107. The minimum Gasteiger partial charge on any atom is -0.503 e. The van der Waals surface area contributed by atoms with Gasteiger partial charge in [0.25, 0.3) is 5.91 Å². The molecule has 4 rings (SSSR count). The van der Waals surface area contributed by atoms with Crippen LogP contribution in [0, 0.1) is 0 Å². The van der Waals surface area contributed by atoms with E-state index in [0.717, 1.165) is 11.3 Å². The van der Waals surface area contributed by atoms with Gasteiger partial charge in [0, 0.05) is 26.0 Å². The van der Waals surface area contributed by atoms with Gasteiger partial charge in [-0.15, -0.1) is 11.3 Å². The van der Waals surface area contributed by atoms with Gasteiger partial charge in [0.2, 0.25) is 5.78 Å². The Morgan fingerprint density at radius 3 is 2.50 bits per heavy atom. The average molecular weight is 420 g/mol. The second-order valence-electron chi connectivity index (χ2n) is 7.21. The number of carbonyl (C=O) groups is 2. The second-order valence-corrected chi connectivity index (χ2v) is 8.16. The SMILES string of the molecule is CN(C)c1ccc(C2C(C(=O)c3cccs3)=C(O)C(=O)N2Cc2ccccn2)cc1. The van der Waals surface area contributed by atoms with E-state index in [-0.39, 0.29) is 17.9 Å². The molecule has 152 valence electrons. The van der Waals surface area contributed by atoms with Crippen LogP contribution in [-0.2, 0) is 11.3 Å². The van der Waals surface area contributed by atoms with Gasteiger partial charge in [-0.1, -0.05) is 24.3 Å². The number of benzene rings is 1. The molecule has 1 aliphatic rings. The highest BCUT2D eigenvalue weighted by atomic mass is 32.1. The largest absolute Gasteiger partial charge is 0.503 e. The van der Waals surface area contributed by atoms with Crippen LogP contribution in [0.15, 0.2) is 77.5 Å². The fourth-order valence-corrected chi connectivity index (χ4v) is 4.23. The summed E-state index contributed by atoms with van der Waals surface area (Å²) in [4.78, 5) is 34.5. The summed E-state index contributed by atoms with van der Waals surface area (Å²) in [5.74, 6) is -1.39. The van der Waals surface area contributed by atoms with E-state index in [2.05, 4.69) is 4.98 Å². The molecule has 0 radical (unpaired) electrons. The van der Waals surface area contributed by atoms with Gasteiger partial charge in [0.05, 0.1) is 28.7 Å². The minimum atomic E-state index is -0.690. The first-order valence-electron chi connectivity index (χ1n) is 9.47. The number of anilines is 1. The predicted octanol–water partition coefficient (Wildman–Crippen LogP) is 3.99. The van der Waals surface area contributed by atoms with Crippen molar-refractivity contribution in [2.24, 2.45) is 0 Å². The monoisotopic (exact) mass is 419 g/mol. The lowest BCUT2D eigenvalue weighted by molar-refractivity contribution is -0.130. The molecule has 2 aromatic heterocycles. The Kier molecular flexibility index (Phi) is 5.37. The number of rotatable bonds is 6. The molecular formula is C23H21N3O3S. The zero-order valence-corrected chi connectivity index (χ0v) is 17.5. The maximum absolute atomic E-state index is 13.2. The maximum atomic E-state index is 13.2. The maximum Gasteiger partial charge on any atom is 0.290 e. The van der Waals surface area contributed by atoms with Crippen LogP contribution in [-0.4, -0.2) is 40.8 Å². The van der Waals surface area contributed by atoms with Crippen molar-refractivity contribution in [2.45, 2.75) is 12.6 Å². The lowest BCUT2D eigenvalue weighted by Crippen LogP contribution is -2.31. The number of hydrogen-bond donors (Lipinski definition) is 1. The number of aliphatic hydroxyl groups is 1. The first-order chi connectivity index (χ1) is 14.5.